The summed E-state index contributed by atoms with van der Waals surface area (Å²) < 4.78 is 8.83. The summed E-state index contributed by atoms with van der Waals surface area (Å²) in [6.45, 7) is 0. The van der Waals surface area contributed by atoms with E-state index in [1.807, 2.05) is 72.3 Å². The SMILES string of the molecule is Cn1c(/C(C#N)=C/c2ccc(-c3ccc(Br)cc3)o2)nc2ccccc21. The van der Waals surface area contributed by atoms with Crippen LogP contribution in [0.4, 0.5) is 0 Å². The van der Waals surface area contributed by atoms with Gasteiger partial charge < -0.3 is 8.98 Å². The highest BCUT2D eigenvalue weighted by Crippen LogP contribution is 2.27. The Morgan fingerprint density at radius 2 is 1.88 bits per heavy atom. The fourth-order valence-electron chi connectivity index (χ4n) is 2.88. The van der Waals surface area contributed by atoms with E-state index in [-0.39, 0.29) is 0 Å². The molecule has 0 atom stereocenters. The van der Waals surface area contributed by atoms with E-state index in [0.29, 0.717) is 17.2 Å². The summed E-state index contributed by atoms with van der Waals surface area (Å²) in [7, 11) is 1.91. The number of aryl methyl sites for hydroxylation is 1. The van der Waals surface area contributed by atoms with Crippen molar-refractivity contribution in [3.63, 3.8) is 0 Å². The van der Waals surface area contributed by atoms with Gasteiger partial charge in [0.2, 0.25) is 0 Å². The maximum atomic E-state index is 9.63. The van der Waals surface area contributed by atoms with E-state index in [2.05, 4.69) is 27.0 Å². The van der Waals surface area contributed by atoms with Gasteiger partial charge in [0, 0.05) is 23.2 Å². The number of rotatable bonds is 3. The summed E-state index contributed by atoms with van der Waals surface area (Å²) in [6.07, 6.45) is 1.73. The summed E-state index contributed by atoms with van der Waals surface area (Å²) in [5.74, 6) is 1.99. The zero-order valence-electron chi connectivity index (χ0n) is 14.0. The number of halogens is 1. The van der Waals surface area contributed by atoms with Crippen molar-refractivity contribution < 1.29 is 4.42 Å². The summed E-state index contributed by atoms with van der Waals surface area (Å²) >= 11 is 3.43. The molecule has 0 saturated carbocycles. The van der Waals surface area contributed by atoms with Crippen LogP contribution >= 0.6 is 15.9 Å². The molecule has 0 unspecified atom stereocenters. The lowest BCUT2D eigenvalue weighted by Gasteiger charge is -2.00. The highest BCUT2D eigenvalue weighted by atomic mass is 79.9. The maximum absolute atomic E-state index is 9.63. The van der Waals surface area contributed by atoms with E-state index in [1.165, 1.54) is 0 Å². The van der Waals surface area contributed by atoms with E-state index in [0.717, 1.165) is 26.8 Å². The highest BCUT2D eigenvalue weighted by Gasteiger charge is 2.13. The van der Waals surface area contributed by atoms with E-state index < -0.39 is 0 Å². The molecule has 0 saturated heterocycles. The van der Waals surface area contributed by atoms with Crippen molar-refractivity contribution in [1.29, 1.82) is 5.26 Å². The third kappa shape index (κ3) is 2.96. The van der Waals surface area contributed by atoms with Crippen molar-refractivity contribution >= 4 is 38.6 Å². The van der Waals surface area contributed by atoms with Crippen LogP contribution in [0.2, 0.25) is 0 Å². The second-order valence-corrected chi connectivity index (χ2v) is 6.78. The Bertz CT molecular complexity index is 1160. The van der Waals surface area contributed by atoms with Crippen LogP contribution < -0.4 is 0 Å². The fraction of sp³-hybridized carbons (Fsp3) is 0.0476. The average Bonchev–Trinajstić information content (AvgIpc) is 3.26. The number of para-hydroxylation sites is 2. The molecule has 0 amide bonds. The largest absolute Gasteiger partial charge is 0.457 e. The molecular formula is C21H14BrN3O. The molecule has 2 aromatic carbocycles. The first-order valence-corrected chi connectivity index (χ1v) is 8.84. The van der Waals surface area contributed by atoms with Gasteiger partial charge in [0.15, 0.2) is 5.82 Å². The zero-order chi connectivity index (χ0) is 18.1. The first-order chi connectivity index (χ1) is 12.7. The molecular weight excluding hydrogens is 390 g/mol. The van der Waals surface area contributed by atoms with E-state index in [4.69, 9.17) is 4.42 Å². The van der Waals surface area contributed by atoms with Crippen LogP contribution in [-0.4, -0.2) is 9.55 Å². The third-order valence-electron chi connectivity index (χ3n) is 4.19. The Labute approximate surface area is 159 Å². The van der Waals surface area contributed by atoms with Crippen LogP contribution in [0.25, 0.3) is 34.0 Å². The van der Waals surface area contributed by atoms with Gasteiger partial charge in [-0.05, 0) is 36.4 Å². The van der Waals surface area contributed by atoms with Gasteiger partial charge in [-0.15, -0.1) is 0 Å². The van der Waals surface area contributed by atoms with Gasteiger partial charge in [0.25, 0.3) is 0 Å². The topological polar surface area (TPSA) is 54.8 Å². The highest BCUT2D eigenvalue weighted by molar-refractivity contribution is 9.10. The van der Waals surface area contributed by atoms with E-state index in [1.54, 1.807) is 6.08 Å². The van der Waals surface area contributed by atoms with Crippen molar-refractivity contribution in [2.45, 2.75) is 0 Å². The molecule has 4 rings (SSSR count). The van der Waals surface area contributed by atoms with Crippen LogP contribution in [0, 0.1) is 11.3 Å². The molecule has 0 radical (unpaired) electrons. The minimum absolute atomic E-state index is 0.459. The van der Waals surface area contributed by atoms with E-state index in [9.17, 15) is 5.26 Å². The first kappa shape index (κ1) is 16.4. The fourth-order valence-corrected chi connectivity index (χ4v) is 3.14. The van der Waals surface area contributed by atoms with Crippen LogP contribution in [0.1, 0.15) is 11.6 Å². The van der Waals surface area contributed by atoms with Crippen LogP contribution in [-0.2, 0) is 7.05 Å². The van der Waals surface area contributed by atoms with Crippen LogP contribution in [0.15, 0.2) is 69.6 Å². The molecule has 4 aromatic rings. The Balaban J connectivity index is 1.73. The summed E-state index contributed by atoms with van der Waals surface area (Å²) in [5.41, 5.74) is 3.29. The molecule has 4 nitrogen and oxygen atoms in total. The number of benzene rings is 2. The van der Waals surface area contributed by atoms with Gasteiger partial charge in [-0.25, -0.2) is 4.98 Å². The number of nitrogens with zero attached hydrogens (tertiary/aromatic N) is 3. The van der Waals surface area contributed by atoms with Gasteiger partial charge in [-0.2, -0.15) is 5.26 Å². The predicted molar refractivity (Wildman–Crippen MR) is 106 cm³/mol. The number of nitriles is 1. The van der Waals surface area contributed by atoms with Crippen molar-refractivity contribution in [2.75, 3.05) is 0 Å². The molecule has 0 aliphatic rings. The minimum Gasteiger partial charge on any atom is -0.457 e. The van der Waals surface area contributed by atoms with Gasteiger partial charge in [-0.3, -0.25) is 0 Å². The van der Waals surface area contributed by atoms with E-state index >= 15 is 0 Å². The lowest BCUT2D eigenvalue weighted by atomic mass is 10.2. The number of hydrogen-bond acceptors (Lipinski definition) is 3. The smallest absolute Gasteiger partial charge is 0.151 e. The second kappa shape index (κ2) is 6.66. The number of fused-ring (bicyclic) bond motifs is 1. The molecule has 0 aliphatic carbocycles. The molecule has 0 bridgehead atoms. The maximum Gasteiger partial charge on any atom is 0.151 e. The quantitative estimate of drug-likeness (QED) is 0.414. The van der Waals surface area contributed by atoms with Gasteiger partial charge in [0.1, 0.15) is 17.6 Å². The summed E-state index contributed by atoms with van der Waals surface area (Å²) in [6, 6.07) is 21.7. The van der Waals surface area contributed by atoms with Gasteiger partial charge in [-0.1, -0.05) is 40.2 Å². The molecule has 0 N–H and O–H groups in total. The first-order valence-electron chi connectivity index (χ1n) is 8.05. The van der Waals surface area contributed by atoms with Gasteiger partial charge >= 0.3 is 0 Å². The molecule has 0 spiro atoms. The molecule has 5 heteroatoms. The van der Waals surface area contributed by atoms with Crippen molar-refractivity contribution in [3.8, 4) is 17.4 Å². The summed E-state index contributed by atoms with van der Waals surface area (Å²) in [5, 5.41) is 9.63. The Morgan fingerprint density at radius 1 is 1.12 bits per heavy atom. The standard InChI is InChI=1S/C21H14BrN3O/c1-25-19-5-3-2-4-18(19)24-21(25)15(13-23)12-17-10-11-20(26-17)14-6-8-16(22)9-7-14/h2-12H,1H3/b15-12+. The molecule has 0 aliphatic heterocycles. The average molecular weight is 404 g/mol. The Kier molecular flexibility index (Phi) is 4.19. The Hall–Kier alpha value is -3.10. The zero-order valence-corrected chi connectivity index (χ0v) is 15.6. The molecule has 2 heterocycles. The molecule has 26 heavy (non-hydrogen) atoms. The summed E-state index contributed by atoms with van der Waals surface area (Å²) in [4.78, 5) is 4.58. The van der Waals surface area contributed by atoms with Crippen molar-refractivity contribution in [2.24, 2.45) is 7.05 Å². The number of aromatic nitrogens is 2. The monoisotopic (exact) mass is 403 g/mol. The van der Waals surface area contributed by atoms with Crippen molar-refractivity contribution in [1.82, 2.24) is 9.55 Å². The molecule has 126 valence electrons. The van der Waals surface area contributed by atoms with Gasteiger partial charge in [0.05, 0.1) is 16.6 Å². The number of hydrogen-bond donors (Lipinski definition) is 0. The minimum atomic E-state index is 0.459. The lowest BCUT2D eigenvalue weighted by Crippen LogP contribution is -1.95. The van der Waals surface area contributed by atoms with Crippen LogP contribution in [0.5, 0.6) is 0 Å². The predicted octanol–water partition coefficient (Wildman–Crippen LogP) is 5.66. The van der Waals surface area contributed by atoms with Crippen molar-refractivity contribution in [3.05, 3.63) is 76.7 Å². The number of allylic oxidation sites excluding steroid dienone is 1. The number of furan rings is 1. The Morgan fingerprint density at radius 3 is 2.62 bits per heavy atom. The normalized spacial score (nSPS) is 11.7. The molecule has 2 aromatic heterocycles. The second-order valence-electron chi connectivity index (χ2n) is 5.86. The lowest BCUT2D eigenvalue weighted by molar-refractivity contribution is 0.572. The number of imidazole rings is 1. The molecule has 0 fully saturated rings. The van der Waals surface area contributed by atoms with Crippen LogP contribution in [0.3, 0.4) is 0 Å². The third-order valence-corrected chi connectivity index (χ3v) is 4.72.